The third-order valence-electron chi connectivity index (χ3n) is 5.39. The van der Waals surface area contributed by atoms with Crippen LogP contribution in [0, 0.1) is 5.82 Å². The van der Waals surface area contributed by atoms with E-state index < -0.39 is 0 Å². The van der Waals surface area contributed by atoms with Crippen molar-refractivity contribution in [3.8, 4) is 11.7 Å². The van der Waals surface area contributed by atoms with Gasteiger partial charge in [-0.2, -0.15) is 4.98 Å². The lowest BCUT2D eigenvalue weighted by Gasteiger charge is -2.18. The maximum absolute atomic E-state index is 13.8. The number of hydrogen-bond donors (Lipinski definition) is 1. The van der Waals surface area contributed by atoms with Crippen LogP contribution in [0.4, 0.5) is 4.39 Å². The zero-order valence-electron chi connectivity index (χ0n) is 21.6. The molecule has 0 aliphatic heterocycles. The molecule has 9 heteroatoms. The highest BCUT2D eigenvalue weighted by molar-refractivity contribution is 5.77. The van der Waals surface area contributed by atoms with E-state index in [2.05, 4.69) is 19.9 Å². The number of aromatic nitrogens is 6. The van der Waals surface area contributed by atoms with Gasteiger partial charge < -0.3 is 9.72 Å². The van der Waals surface area contributed by atoms with Crippen LogP contribution in [0.1, 0.15) is 59.6 Å². The largest absolute Gasteiger partial charge is 0.493 e. The van der Waals surface area contributed by atoms with E-state index in [9.17, 15) is 9.18 Å². The molecule has 0 amide bonds. The smallest absolute Gasteiger partial charge is 0.328 e. The molecule has 190 valence electrons. The molecule has 5 aromatic rings. The van der Waals surface area contributed by atoms with Crippen LogP contribution >= 0.6 is 0 Å². The van der Waals surface area contributed by atoms with Crippen molar-refractivity contribution in [2.45, 2.75) is 54.0 Å². The zero-order valence-corrected chi connectivity index (χ0v) is 21.6. The van der Waals surface area contributed by atoms with Gasteiger partial charge in [0.25, 0.3) is 0 Å². The molecule has 5 rings (SSSR count). The van der Waals surface area contributed by atoms with Gasteiger partial charge in [0, 0.05) is 11.6 Å². The van der Waals surface area contributed by atoms with Crippen molar-refractivity contribution in [3.05, 3.63) is 76.9 Å². The number of para-hydroxylation sites is 1. The number of fused-ring (bicyclic) bond motifs is 2. The molecule has 1 unspecified atom stereocenters. The standard InChI is InChI=1S/C23H21FN6O2.2C2H6/c1-3-10-32-20-7-5-4-6-16(20)14(2)30-21-18(27-23(30)31)12-25-22(28-21)29-13-26-17-9-8-15(24)11-19(17)29;2*1-2/h4-9,11-14H,3,10H2,1-2H3,(H,27,31);2*1-2H3. The summed E-state index contributed by atoms with van der Waals surface area (Å²) in [7, 11) is 0. The second-order valence-corrected chi connectivity index (χ2v) is 7.52. The Hall–Kier alpha value is -4.01. The van der Waals surface area contributed by atoms with Gasteiger partial charge >= 0.3 is 5.69 Å². The van der Waals surface area contributed by atoms with Crippen LogP contribution in [0.25, 0.3) is 28.1 Å². The number of nitrogens with one attached hydrogen (secondary N) is 1. The average molecular weight is 493 g/mol. The van der Waals surface area contributed by atoms with E-state index in [1.807, 2.05) is 65.8 Å². The fourth-order valence-corrected chi connectivity index (χ4v) is 3.83. The molecule has 0 saturated carbocycles. The lowest BCUT2D eigenvalue weighted by atomic mass is 10.1. The maximum Gasteiger partial charge on any atom is 0.328 e. The fraction of sp³-hybridized carbons (Fsp3) is 0.333. The number of ether oxygens (including phenoxy) is 1. The number of halogens is 1. The van der Waals surface area contributed by atoms with Crippen LogP contribution in [-0.4, -0.2) is 35.7 Å². The normalized spacial score (nSPS) is 11.4. The van der Waals surface area contributed by atoms with E-state index >= 15 is 0 Å². The van der Waals surface area contributed by atoms with Crippen LogP contribution in [0.15, 0.2) is 59.8 Å². The Morgan fingerprint density at radius 3 is 2.58 bits per heavy atom. The summed E-state index contributed by atoms with van der Waals surface area (Å²) in [5.41, 5.74) is 2.69. The molecule has 0 bridgehead atoms. The van der Waals surface area contributed by atoms with Gasteiger partial charge in [-0.1, -0.05) is 52.8 Å². The Labute approximate surface area is 209 Å². The summed E-state index contributed by atoms with van der Waals surface area (Å²) in [6, 6.07) is 11.6. The minimum Gasteiger partial charge on any atom is -0.493 e. The van der Waals surface area contributed by atoms with Crippen molar-refractivity contribution in [1.29, 1.82) is 0 Å². The summed E-state index contributed by atoms with van der Waals surface area (Å²) >= 11 is 0. The van der Waals surface area contributed by atoms with Crippen LogP contribution in [0.3, 0.4) is 0 Å². The van der Waals surface area contributed by atoms with Gasteiger partial charge in [-0.15, -0.1) is 0 Å². The van der Waals surface area contributed by atoms with E-state index in [0.29, 0.717) is 34.8 Å². The average Bonchev–Trinajstić information content (AvgIpc) is 3.48. The molecule has 3 aromatic heterocycles. The number of rotatable bonds is 6. The van der Waals surface area contributed by atoms with Crippen LogP contribution in [-0.2, 0) is 0 Å². The number of hydrogen-bond acceptors (Lipinski definition) is 5. The second-order valence-electron chi connectivity index (χ2n) is 7.52. The minimum absolute atomic E-state index is 0.293. The quantitative estimate of drug-likeness (QED) is 0.312. The number of benzene rings is 2. The second kappa shape index (κ2) is 12.1. The van der Waals surface area contributed by atoms with Gasteiger partial charge in [0.1, 0.15) is 23.4 Å². The lowest BCUT2D eigenvalue weighted by Crippen LogP contribution is -2.22. The Morgan fingerprint density at radius 1 is 1.08 bits per heavy atom. The molecule has 0 aliphatic rings. The Kier molecular flexibility index (Phi) is 8.94. The van der Waals surface area contributed by atoms with Crippen LogP contribution < -0.4 is 10.4 Å². The van der Waals surface area contributed by atoms with E-state index in [0.717, 1.165) is 17.7 Å². The number of aromatic amines is 1. The van der Waals surface area contributed by atoms with Crippen molar-refractivity contribution in [1.82, 2.24) is 29.1 Å². The van der Waals surface area contributed by atoms with Gasteiger partial charge in [0.05, 0.1) is 29.9 Å². The molecule has 8 nitrogen and oxygen atoms in total. The highest BCUT2D eigenvalue weighted by atomic mass is 19.1. The molecule has 0 radical (unpaired) electrons. The molecule has 0 aliphatic carbocycles. The maximum atomic E-state index is 13.8. The summed E-state index contributed by atoms with van der Waals surface area (Å²) in [6.45, 7) is 12.6. The van der Waals surface area contributed by atoms with E-state index in [4.69, 9.17) is 4.74 Å². The van der Waals surface area contributed by atoms with Gasteiger partial charge in [0.15, 0.2) is 5.65 Å². The van der Waals surface area contributed by atoms with E-state index in [-0.39, 0.29) is 17.5 Å². The summed E-state index contributed by atoms with van der Waals surface area (Å²) in [5.74, 6) is 0.644. The molecule has 1 N–H and O–H groups in total. The first-order valence-electron chi connectivity index (χ1n) is 12.4. The lowest BCUT2D eigenvalue weighted by molar-refractivity contribution is 0.311. The molecule has 0 saturated heterocycles. The molecule has 2 aromatic carbocycles. The fourth-order valence-electron chi connectivity index (χ4n) is 3.83. The molecule has 1 atom stereocenters. The predicted octanol–water partition coefficient (Wildman–Crippen LogP) is 6.05. The molecular weight excluding hydrogens is 459 g/mol. The van der Waals surface area contributed by atoms with E-state index in [1.165, 1.54) is 18.5 Å². The summed E-state index contributed by atoms with van der Waals surface area (Å²) in [6.07, 6.45) is 3.97. The number of nitrogens with zero attached hydrogens (tertiary/aromatic N) is 5. The molecule has 0 spiro atoms. The Balaban J connectivity index is 0.000000861. The van der Waals surface area contributed by atoms with Crippen molar-refractivity contribution in [2.75, 3.05) is 6.61 Å². The molecule has 3 heterocycles. The number of H-pyrrole nitrogens is 1. The first kappa shape index (κ1) is 26.6. The summed E-state index contributed by atoms with van der Waals surface area (Å²) < 4.78 is 22.9. The zero-order chi connectivity index (χ0) is 26.2. The van der Waals surface area contributed by atoms with Gasteiger partial charge in [0.2, 0.25) is 5.95 Å². The van der Waals surface area contributed by atoms with Gasteiger partial charge in [-0.3, -0.25) is 9.13 Å². The number of imidazole rings is 2. The van der Waals surface area contributed by atoms with Gasteiger partial charge in [-0.05, 0) is 31.5 Å². The third kappa shape index (κ3) is 5.15. The Bertz CT molecular complexity index is 1490. The third-order valence-corrected chi connectivity index (χ3v) is 5.39. The molecule has 0 fully saturated rings. The monoisotopic (exact) mass is 492 g/mol. The van der Waals surface area contributed by atoms with Crippen molar-refractivity contribution < 1.29 is 9.13 Å². The van der Waals surface area contributed by atoms with Crippen LogP contribution in [0.2, 0.25) is 0 Å². The molecular formula is C27H33FN6O2. The van der Waals surface area contributed by atoms with E-state index in [1.54, 1.807) is 21.4 Å². The highest BCUT2D eigenvalue weighted by Crippen LogP contribution is 2.29. The Morgan fingerprint density at radius 2 is 1.83 bits per heavy atom. The molecule has 36 heavy (non-hydrogen) atoms. The first-order chi connectivity index (χ1) is 17.6. The van der Waals surface area contributed by atoms with Crippen LogP contribution in [0.5, 0.6) is 5.75 Å². The van der Waals surface area contributed by atoms with Crippen molar-refractivity contribution >= 4 is 22.2 Å². The predicted molar refractivity (Wildman–Crippen MR) is 141 cm³/mol. The topological polar surface area (TPSA) is 90.6 Å². The van der Waals surface area contributed by atoms with Crippen molar-refractivity contribution in [3.63, 3.8) is 0 Å². The summed E-state index contributed by atoms with van der Waals surface area (Å²) in [5, 5.41) is 0. The van der Waals surface area contributed by atoms with Gasteiger partial charge in [-0.25, -0.2) is 19.2 Å². The summed E-state index contributed by atoms with van der Waals surface area (Å²) in [4.78, 5) is 29.0. The SMILES string of the molecule is CC.CC.CCCOc1ccccc1C(C)n1c(=O)[nH]c2cnc(-n3cnc4ccc(F)cc43)nc21. The first-order valence-corrected chi connectivity index (χ1v) is 12.4. The van der Waals surface area contributed by atoms with Crippen molar-refractivity contribution in [2.24, 2.45) is 0 Å². The highest BCUT2D eigenvalue weighted by Gasteiger charge is 2.20. The minimum atomic E-state index is -0.379.